The van der Waals surface area contributed by atoms with Crippen molar-refractivity contribution >= 4 is 23.3 Å². The van der Waals surface area contributed by atoms with Crippen molar-refractivity contribution in [1.82, 2.24) is 15.2 Å². The quantitative estimate of drug-likeness (QED) is 0.766. The van der Waals surface area contributed by atoms with Crippen LogP contribution in [-0.4, -0.2) is 54.9 Å². The largest absolute Gasteiger partial charge is 0.495 e. The van der Waals surface area contributed by atoms with E-state index in [0.29, 0.717) is 0 Å². The molecule has 3 rings (SSSR count). The predicted molar refractivity (Wildman–Crippen MR) is 100 cm³/mol. The van der Waals surface area contributed by atoms with E-state index < -0.39 is 11.6 Å². The predicted octanol–water partition coefficient (Wildman–Crippen LogP) is 2.87. The van der Waals surface area contributed by atoms with Crippen molar-refractivity contribution in [1.29, 1.82) is 0 Å². The molecule has 27 heavy (non-hydrogen) atoms. The van der Waals surface area contributed by atoms with Crippen LogP contribution in [-0.2, 0) is 0 Å². The molecule has 0 radical (unpaired) electrons. The summed E-state index contributed by atoms with van der Waals surface area (Å²) in [4.78, 5) is 30.1. The standard InChI is InChI=1S/C19H21ClFN3O3/c1-24-7-5-12(6-8-24)23-19(26)14-9-11(10-22-14)18(25)16-13(21)3-4-15(27-2)17(16)20/h3-4,9-10,12,22H,5-8H2,1-2H3,(H,23,26). The smallest absolute Gasteiger partial charge is 0.267 e. The van der Waals surface area contributed by atoms with Crippen LogP contribution in [0.1, 0.15) is 39.3 Å². The highest BCUT2D eigenvalue weighted by atomic mass is 35.5. The minimum absolute atomic E-state index is 0.0963. The van der Waals surface area contributed by atoms with Gasteiger partial charge in [-0.3, -0.25) is 9.59 Å². The SMILES string of the molecule is COc1ccc(F)c(C(=O)c2c[nH]c(C(=O)NC3CCN(C)CC3)c2)c1Cl. The Labute approximate surface area is 161 Å². The van der Waals surface area contributed by atoms with Crippen molar-refractivity contribution in [3.8, 4) is 5.75 Å². The normalized spacial score (nSPS) is 15.6. The molecule has 6 nitrogen and oxygen atoms in total. The Morgan fingerprint density at radius 2 is 2.04 bits per heavy atom. The Kier molecular flexibility index (Phi) is 5.82. The van der Waals surface area contributed by atoms with Gasteiger partial charge in [0.15, 0.2) is 5.78 Å². The molecular weight excluding hydrogens is 373 g/mol. The molecule has 1 aromatic carbocycles. The molecule has 0 unspecified atom stereocenters. The lowest BCUT2D eigenvalue weighted by molar-refractivity contribution is 0.0912. The van der Waals surface area contributed by atoms with Crippen LogP contribution >= 0.6 is 11.6 Å². The number of carbonyl (C=O) groups is 2. The highest BCUT2D eigenvalue weighted by molar-refractivity contribution is 6.36. The van der Waals surface area contributed by atoms with Crippen LogP contribution in [0, 0.1) is 5.82 Å². The number of methoxy groups -OCH3 is 1. The van der Waals surface area contributed by atoms with Gasteiger partial charge in [0, 0.05) is 17.8 Å². The van der Waals surface area contributed by atoms with E-state index in [0.717, 1.165) is 32.0 Å². The molecule has 2 N–H and O–H groups in total. The Morgan fingerprint density at radius 1 is 1.33 bits per heavy atom. The van der Waals surface area contributed by atoms with Crippen molar-refractivity contribution in [2.24, 2.45) is 0 Å². The summed E-state index contributed by atoms with van der Waals surface area (Å²) in [6, 6.07) is 3.98. The first kappa shape index (κ1) is 19.4. The summed E-state index contributed by atoms with van der Waals surface area (Å²) >= 11 is 6.09. The van der Waals surface area contributed by atoms with Crippen LogP contribution in [0.4, 0.5) is 4.39 Å². The summed E-state index contributed by atoms with van der Waals surface area (Å²) in [5.41, 5.74) is 0.117. The number of hydrogen-bond donors (Lipinski definition) is 2. The molecule has 0 saturated carbocycles. The average Bonchev–Trinajstić information content (AvgIpc) is 3.14. The van der Waals surface area contributed by atoms with Crippen LogP contribution in [0.15, 0.2) is 24.4 Å². The number of nitrogens with one attached hydrogen (secondary N) is 2. The molecule has 1 aliphatic rings. The first-order chi connectivity index (χ1) is 12.9. The summed E-state index contributed by atoms with van der Waals surface area (Å²) in [6.07, 6.45) is 3.12. The Hall–Kier alpha value is -2.38. The van der Waals surface area contributed by atoms with E-state index in [-0.39, 0.29) is 39.5 Å². The second-order valence-corrected chi connectivity index (χ2v) is 7.00. The number of aromatic amines is 1. The van der Waals surface area contributed by atoms with Gasteiger partial charge < -0.3 is 19.9 Å². The van der Waals surface area contributed by atoms with Crippen LogP contribution < -0.4 is 10.1 Å². The zero-order valence-corrected chi connectivity index (χ0v) is 15.9. The molecule has 1 aliphatic heterocycles. The maximum absolute atomic E-state index is 14.2. The summed E-state index contributed by atoms with van der Waals surface area (Å²) in [5.74, 6) is -1.45. The molecule has 1 aromatic heterocycles. The molecule has 1 amide bonds. The molecule has 1 fully saturated rings. The highest BCUT2D eigenvalue weighted by Crippen LogP contribution is 2.31. The Bertz CT molecular complexity index is 860. The molecule has 2 aromatic rings. The number of carbonyl (C=O) groups excluding carboxylic acids is 2. The molecule has 1 saturated heterocycles. The number of halogens is 2. The molecule has 144 valence electrons. The van der Waals surface area contributed by atoms with Gasteiger partial charge in [0.2, 0.25) is 0 Å². The second-order valence-electron chi connectivity index (χ2n) is 6.62. The van der Waals surface area contributed by atoms with E-state index in [2.05, 4.69) is 15.2 Å². The highest BCUT2D eigenvalue weighted by Gasteiger charge is 2.24. The number of hydrogen-bond acceptors (Lipinski definition) is 4. The average molecular weight is 394 g/mol. The number of rotatable bonds is 5. The molecule has 0 spiro atoms. The van der Waals surface area contributed by atoms with Crippen LogP contribution in [0.5, 0.6) is 5.75 Å². The van der Waals surface area contributed by atoms with E-state index in [1.54, 1.807) is 0 Å². The first-order valence-corrected chi connectivity index (χ1v) is 9.03. The fraction of sp³-hybridized carbons (Fsp3) is 0.368. The second kappa shape index (κ2) is 8.10. The Morgan fingerprint density at radius 3 is 2.70 bits per heavy atom. The van der Waals surface area contributed by atoms with Crippen LogP contribution in [0.25, 0.3) is 0 Å². The summed E-state index contributed by atoms with van der Waals surface area (Å²) < 4.78 is 19.2. The third-order valence-electron chi connectivity index (χ3n) is 4.75. The number of aromatic nitrogens is 1. The van der Waals surface area contributed by atoms with Gasteiger partial charge in [0.05, 0.1) is 17.7 Å². The van der Waals surface area contributed by atoms with Crippen molar-refractivity contribution in [2.45, 2.75) is 18.9 Å². The van der Waals surface area contributed by atoms with E-state index in [1.165, 1.54) is 25.4 Å². The number of nitrogens with zero attached hydrogens (tertiary/aromatic N) is 1. The van der Waals surface area contributed by atoms with Crippen molar-refractivity contribution in [3.05, 3.63) is 52.1 Å². The lowest BCUT2D eigenvalue weighted by Crippen LogP contribution is -2.43. The topological polar surface area (TPSA) is 74.4 Å². The first-order valence-electron chi connectivity index (χ1n) is 8.65. The number of piperidine rings is 1. The fourth-order valence-electron chi connectivity index (χ4n) is 3.12. The van der Waals surface area contributed by atoms with E-state index in [1.807, 2.05) is 7.05 Å². The number of benzene rings is 1. The molecule has 0 atom stereocenters. The van der Waals surface area contributed by atoms with Gasteiger partial charge in [-0.05, 0) is 51.2 Å². The van der Waals surface area contributed by atoms with Gasteiger partial charge in [0.25, 0.3) is 5.91 Å². The van der Waals surface area contributed by atoms with Gasteiger partial charge in [-0.1, -0.05) is 11.6 Å². The van der Waals surface area contributed by atoms with Gasteiger partial charge in [-0.2, -0.15) is 0 Å². The third-order valence-corrected chi connectivity index (χ3v) is 5.12. The van der Waals surface area contributed by atoms with Crippen LogP contribution in [0.2, 0.25) is 5.02 Å². The van der Waals surface area contributed by atoms with E-state index in [4.69, 9.17) is 16.3 Å². The molecule has 8 heteroatoms. The number of H-pyrrole nitrogens is 1. The van der Waals surface area contributed by atoms with Gasteiger partial charge in [0.1, 0.15) is 17.3 Å². The minimum Gasteiger partial charge on any atom is -0.495 e. The molecule has 0 bridgehead atoms. The zero-order chi connectivity index (χ0) is 19.6. The number of likely N-dealkylation sites (tertiary alicyclic amines) is 1. The Balaban J connectivity index is 1.76. The van der Waals surface area contributed by atoms with E-state index >= 15 is 0 Å². The van der Waals surface area contributed by atoms with Crippen molar-refractivity contribution in [3.63, 3.8) is 0 Å². The molecule has 2 heterocycles. The van der Waals surface area contributed by atoms with Crippen molar-refractivity contribution < 1.29 is 18.7 Å². The van der Waals surface area contributed by atoms with E-state index in [9.17, 15) is 14.0 Å². The summed E-state index contributed by atoms with van der Waals surface area (Å²) in [6.45, 7) is 1.85. The maximum Gasteiger partial charge on any atom is 0.267 e. The zero-order valence-electron chi connectivity index (χ0n) is 15.1. The van der Waals surface area contributed by atoms with Gasteiger partial charge >= 0.3 is 0 Å². The van der Waals surface area contributed by atoms with Gasteiger partial charge in [-0.15, -0.1) is 0 Å². The summed E-state index contributed by atoms with van der Waals surface area (Å²) in [7, 11) is 3.43. The fourth-order valence-corrected chi connectivity index (χ4v) is 3.43. The maximum atomic E-state index is 14.2. The number of ether oxygens (including phenoxy) is 1. The lowest BCUT2D eigenvalue weighted by Gasteiger charge is -2.29. The number of ketones is 1. The summed E-state index contributed by atoms with van der Waals surface area (Å²) in [5, 5.41) is 2.86. The molecular formula is C19H21ClFN3O3. The van der Waals surface area contributed by atoms with Crippen molar-refractivity contribution in [2.75, 3.05) is 27.2 Å². The third kappa shape index (κ3) is 4.14. The minimum atomic E-state index is -0.746. The van der Waals surface area contributed by atoms with Crippen LogP contribution in [0.3, 0.4) is 0 Å². The lowest BCUT2D eigenvalue weighted by atomic mass is 10.0. The monoisotopic (exact) mass is 393 g/mol. The van der Waals surface area contributed by atoms with Gasteiger partial charge in [-0.25, -0.2) is 4.39 Å². The molecule has 0 aliphatic carbocycles. The number of amides is 1.